The van der Waals surface area contributed by atoms with Gasteiger partial charge in [-0.1, -0.05) is 12.1 Å². The van der Waals surface area contributed by atoms with E-state index in [4.69, 9.17) is 0 Å². The zero-order chi connectivity index (χ0) is 13.9. The van der Waals surface area contributed by atoms with E-state index in [0.29, 0.717) is 12.1 Å². The summed E-state index contributed by atoms with van der Waals surface area (Å²) >= 11 is 0. The van der Waals surface area contributed by atoms with E-state index in [1.54, 1.807) is 12.1 Å². The number of nitrogens with one attached hydrogen (secondary N) is 1. The molecule has 3 rings (SSSR count). The van der Waals surface area contributed by atoms with E-state index in [1.165, 1.54) is 44.3 Å². The molecule has 0 spiro atoms. The summed E-state index contributed by atoms with van der Waals surface area (Å²) in [6.07, 6.45) is 6.34. The van der Waals surface area contributed by atoms with Crippen molar-refractivity contribution in [1.29, 1.82) is 0 Å². The monoisotopic (exact) mass is 276 g/mol. The Bertz CT molecular complexity index is 419. The first kappa shape index (κ1) is 14.0. The first-order valence-electron chi connectivity index (χ1n) is 7.95. The fraction of sp³-hybridized carbons (Fsp3) is 0.647. The van der Waals surface area contributed by atoms with Gasteiger partial charge in [0.15, 0.2) is 0 Å². The molecule has 2 fully saturated rings. The molecule has 0 aromatic heterocycles. The van der Waals surface area contributed by atoms with Gasteiger partial charge in [0, 0.05) is 18.1 Å². The Kier molecular flexibility index (Phi) is 4.37. The summed E-state index contributed by atoms with van der Waals surface area (Å²) < 4.78 is 12.9. The average Bonchev–Trinajstić information content (AvgIpc) is 3.27. The van der Waals surface area contributed by atoms with E-state index in [9.17, 15) is 4.39 Å². The van der Waals surface area contributed by atoms with Crippen LogP contribution in [-0.2, 0) is 6.42 Å². The Morgan fingerprint density at radius 2 is 1.80 bits per heavy atom. The number of rotatable bonds is 5. The van der Waals surface area contributed by atoms with Crippen molar-refractivity contribution in [2.24, 2.45) is 0 Å². The lowest BCUT2D eigenvalue weighted by atomic mass is 10.0. The lowest BCUT2D eigenvalue weighted by Gasteiger charge is -2.34. The molecular weight excluding hydrogens is 251 g/mol. The largest absolute Gasteiger partial charge is 0.311 e. The van der Waals surface area contributed by atoms with Crippen molar-refractivity contribution in [3.05, 3.63) is 35.6 Å². The normalized spacial score (nSPS) is 22.9. The maximum Gasteiger partial charge on any atom is 0.123 e. The Labute approximate surface area is 121 Å². The molecule has 2 nitrogen and oxygen atoms in total. The Hall–Kier alpha value is -0.930. The SMILES string of the molecule is CC(Cc1ccc(F)cc1)NC1CCN(C2CC2)CC1. The zero-order valence-electron chi connectivity index (χ0n) is 12.3. The highest BCUT2D eigenvalue weighted by Gasteiger charge is 2.31. The molecule has 1 aromatic rings. The van der Waals surface area contributed by atoms with Gasteiger partial charge in [-0.05, 0) is 69.8 Å². The van der Waals surface area contributed by atoms with Crippen molar-refractivity contribution < 1.29 is 4.39 Å². The van der Waals surface area contributed by atoms with Gasteiger partial charge in [0.1, 0.15) is 5.82 Å². The molecule has 1 aromatic carbocycles. The summed E-state index contributed by atoms with van der Waals surface area (Å²) in [6.45, 7) is 4.74. The summed E-state index contributed by atoms with van der Waals surface area (Å²) in [5.74, 6) is -0.151. The average molecular weight is 276 g/mol. The molecule has 0 amide bonds. The third-order valence-electron chi connectivity index (χ3n) is 4.57. The maximum atomic E-state index is 12.9. The first-order valence-corrected chi connectivity index (χ1v) is 7.95. The van der Waals surface area contributed by atoms with E-state index in [0.717, 1.165) is 12.5 Å². The van der Waals surface area contributed by atoms with Crippen molar-refractivity contribution >= 4 is 0 Å². The molecule has 1 saturated carbocycles. The number of likely N-dealkylation sites (tertiary alicyclic amines) is 1. The molecule has 0 bridgehead atoms. The van der Waals surface area contributed by atoms with Gasteiger partial charge in [0.2, 0.25) is 0 Å². The Balaban J connectivity index is 1.42. The van der Waals surface area contributed by atoms with Crippen LogP contribution in [0, 0.1) is 5.82 Å². The number of nitrogens with zero attached hydrogens (tertiary/aromatic N) is 1. The quantitative estimate of drug-likeness (QED) is 0.889. The van der Waals surface area contributed by atoms with E-state index < -0.39 is 0 Å². The standard InChI is InChI=1S/C17H25FN2/c1-13(12-14-2-4-15(18)5-3-14)19-16-8-10-20(11-9-16)17-6-7-17/h2-5,13,16-17,19H,6-12H2,1H3. The third kappa shape index (κ3) is 3.80. The highest BCUT2D eigenvalue weighted by atomic mass is 19.1. The minimum Gasteiger partial charge on any atom is -0.311 e. The number of hydrogen-bond acceptors (Lipinski definition) is 2. The van der Waals surface area contributed by atoms with Gasteiger partial charge >= 0.3 is 0 Å². The highest BCUT2D eigenvalue weighted by molar-refractivity contribution is 5.17. The van der Waals surface area contributed by atoms with Crippen LogP contribution in [0.3, 0.4) is 0 Å². The minimum absolute atomic E-state index is 0.151. The summed E-state index contributed by atoms with van der Waals surface area (Å²) in [6, 6.07) is 8.91. The van der Waals surface area contributed by atoms with Crippen molar-refractivity contribution in [2.75, 3.05) is 13.1 Å². The maximum absolute atomic E-state index is 12.9. The number of benzene rings is 1. The fourth-order valence-electron chi connectivity index (χ4n) is 3.31. The van der Waals surface area contributed by atoms with Gasteiger partial charge in [-0.3, -0.25) is 0 Å². The molecule has 1 N–H and O–H groups in total. The Morgan fingerprint density at radius 3 is 2.40 bits per heavy atom. The van der Waals surface area contributed by atoms with Crippen LogP contribution in [0.25, 0.3) is 0 Å². The van der Waals surface area contributed by atoms with Crippen LogP contribution in [0.1, 0.15) is 38.2 Å². The van der Waals surface area contributed by atoms with Crippen LogP contribution in [0.15, 0.2) is 24.3 Å². The van der Waals surface area contributed by atoms with Crippen LogP contribution in [0.4, 0.5) is 4.39 Å². The van der Waals surface area contributed by atoms with Gasteiger partial charge in [-0.2, -0.15) is 0 Å². The Morgan fingerprint density at radius 1 is 1.15 bits per heavy atom. The second kappa shape index (κ2) is 6.23. The summed E-state index contributed by atoms with van der Waals surface area (Å²) in [5.41, 5.74) is 1.21. The fourth-order valence-corrected chi connectivity index (χ4v) is 3.31. The minimum atomic E-state index is -0.151. The second-order valence-corrected chi connectivity index (χ2v) is 6.44. The predicted octanol–water partition coefficient (Wildman–Crippen LogP) is 2.97. The summed E-state index contributed by atoms with van der Waals surface area (Å²) in [5, 5.41) is 3.74. The molecule has 0 radical (unpaired) electrons. The zero-order valence-corrected chi connectivity index (χ0v) is 12.3. The van der Waals surface area contributed by atoms with Crippen LogP contribution >= 0.6 is 0 Å². The molecule has 1 aliphatic heterocycles. The summed E-state index contributed by atoms with van der Waals surface area (Å²) in [4.78, 5) is 2.66. The van der Waals surface area contributed by atoms with Crippen LogP contribution in [0.5, 0.6) is 0 Å². The molecule has 1 saturated heterocycles. The van der Waals surface area contributed by atoms with Crippen molar-refractivity contribution in [3.8, 4) is 0 Å². The molecule has 110 valence electrons. The molecule has 1 unspecified atom stereocenters. The molecule has 1 aliphatic carbocycles. The van der Waals surface area contributed by atoms with Crippen LogP contribution in [-0.4, -0.2) is 36.1 Å². The van der Waals surface area contributed by atoms with Gasteiger partial charge in [0.05, 0.1) is 0 Å². The number of hydrogen-bond donors (Lipinski definition) is 1. The van der Waals surface area contributed by atoms with Crippen molar-refractivity contribution in [3.63, 3.8) is 0 Å². The van der Waals surface area contributed by atoms with Crippen molar-refractivity contribution in [1.82, 2.24) is 10.2 Å². The van der Waals surface area contributed by atoms with Crippen molar-refractivity contribution in [2.45, 2.75) is 57.2 Å². The van der Waals surface area contributed by atoms with E-state index in [-0.39, 0.29) is 5.82 Å². The lowest BCUT2D eigenvalue weighted by Crippen LogP contribution is -2.46. The third-order valence-corrected chi connectivity index (χ3v) is 4.57. The van der Waals surface area contributed by atoms with Gasteiger partial charge in [0.25, 0.3) is 0 Å². The van der Waals surface area contributed by atoms with Crippen LogP contribution in [0.2, 0.25) is 0 Å². The molecule has 3 heteroatoms. The van der Waals surface area contributed by atoms with Gasteiger partial charge in [-0.25, -0.2) is 4.39 Å². The second-order valence-electron chi connectivity index (χ2n) is 6.44. The van der Waals surface area contributed by atoms with Crippen LogP contribution < -0.4 is 5.32 Å². The molecular formula is C17H25FN2. The van der Waals surface area contributed by atoms with E-state index >= 15 is 0 Å². The first-order chi connectivity index (χ1) is 9.70. The van der Waals surface area contributed by atoms with Gasteiger partial charge < -0.3 is 10.2 Å². The summed E-state index contributed by atoms with van der Waals surface area (Å²) in [7, 11) is 0. The lowest BCUT2D eigenvalue weighted by molar-refractivity contribution is 0.184. The van der Waals surface area contributed by atoms with E-state index in [2.05, 4.69) is 17.1 Å². The number of halogens is 1. The molecule has 1 atom stereocenters. The smallest absolute Gasteiger partial charge is 0.123 e. The topological polar surface area (TPSA) is 15.3 Å². The van der Waals surface area contributed by atoms with Gasteiger partial charge in [-0.15, -0.1) is 0 Å². The molecule has 20 heavy (non-hydrogen) atoms. The molecule has 2 aliphatic rings. The highest BCUT2D eigenvalue weighted by Crippen LogP contribution is 2.29. The predicted molar refractivity (Wildman–Crippen MR) is 80.3 cm³/mol. The number of piperidine rings is 1. The van der Waals surface area contributed by atoms with E-state index in [1.807, 2.05) is 12.1 Å². The molecule has 1 heterocycles.